The Morgan fingerprint density at radius 3 is 2.50 bits per heavy atom. The zero-order valence-corrected chi connectivity index (χ0v) is 9.71. The first-order chi connectivity index (χ1) is 8.50. The number of hydrogen-bond acceptors (Lipinski definition) is 2. The van der Waals surface area contributed by atoms with E-state index in [9.17, 15) is 13.6 Å². The molecule has 0 heterocycles. The van der Waals surface area contributed by atoms with E-state index in [1.807, 2.05) is 0 Å². The van der Waals surface area contributed by atoms with Crippen molar-refractivity contribution in [1.82, 2.24) is 0 Å². The predicted octanol–water partition coefficient (Wildman–Crippen LogP) is 3.09. The number of para-hydroxylation sites is 1. The van der Waals surface area contributed by atoms with Crippen LogP contribution in [0.4, 0.5) is 14.5 Å². The molecule has 2 aromatic rings. The maximum Gasteiger partial charge on any atom is 0.195 e. The van der Waals surface area contributed by atoms with E-state index >= 15 is 0 Å². The van der Waals surface area contributed by atoms with Crippen LogP contribution < -0.4 is 5.73 Å². The molecule has 0 aromatic heterocycles. The lowest BCUT2D eigenvalue weighted by atomic mass is 9.99. The Hall–Kier alpha value is -2.23. The average Bonchev–Trinajstić information content (AvgIpc) is 2.35. The molecule has 2 nitrogen and oxygen atoms in total. The maximum atomic E-state index is 13.1. The van der Waals surface area contributed by atoms with E-state index in [2.05, 4.69) is 0 Å². The molecule has 0 radical (unpaired) electrons. The van der Waals surface area contributed by atoms with E-state index < -0.39 is 17.4 Å². The van der Waals surface area contributed by atoms with Crippen molar-refractivity contribution in [3.8, 4) is 0 Å². The van der Waals surface area contributed by atoms with Crippen molar-refractivity contribution < 1.29 is 13.6 Å². The minimum atomic E-state index is -1.05. The minimum absolute atomic E-state index is 0.0752. The molecule has 0 aliphatic carbocycles. The number of nitrogen functional groups attached to an aromatic ring is 1. The second-order valence-corrected chi connectivity index (χ2v) is 3.99. The molecule has 0 bridgehead atoms. The summed E-state index contributed by atoms with van der Waals surface area (Å²) in [4.78, 5) is 12.1. The number of anilines is 1. The van der Waals surface area contributed by atoms with Crippen LogP contribution in [0.3, 0.4) is 0 Å². The molecule has 0 saturated heterocycles. The number of aryl methyl sites for hydroxylation is 1. The summed E-state index contributed by atoms with van der Waals surface area (Å²) in [5.74, 6) is -2.45. The average molecular weight is 247 g/mol. The third-order valence-corrected chi connectivity index (χ3v) is 2.75. The van der Waals surface area contributed by atoms with Gasteiger partial charge < -0.3 is 5.73 Å². The molecule has 4 heteroatoms. The van der Waals surface area contributed by atoms with Gasteiger partial charge in [-0.3, -0.25) is 4.79 Å². The molecule has 0 saturated carbocycles. The SMILES string of the molecule is Cc1cccc(C(=O)c2ccc(F)c(F)c2)c1N. The van der Waals surface area contributed by atoms with Crippen LogP contribution in [0.5, 0.6) is 0 Å². The van der Waals surface area contributed by atoms with Crippen LogP contribution in [0.2, 0.25) is 0 Å². The summed E-state index contributed by atoms with van der Waals surface area (Å²) in [5.41, 5.74) is 7.29. The molecule has 0 spiro atoms. The summed E-state index contributed by atoms with van der Waals surface area (Å²) in [7, 11) is 0. The number of nitrogens with two attached hydrogens (primary N) is 1. The number of carbonyl (C=O) groups excluding carboxylic acids is 1. The Kier molecular flexibility index (Phi) is 3.10. The van der Waals surface area contributed by atoms with Gasteiger partial charge in [0, 0.05) is 16.8 Å². The molecule has 0 aliphatic heterocycles. The normalized spacial score (nSPS) is 10.4. The van der Waals surface area contributed by atoms with Gasteiger partial charge in [-0.05, 0) is 36.8 Å². The fourth-order valence-corrected chi connectivity index (χ4v) is 1.67. The van der Waals surface area contributed by atoms with Crippen LogP contribution >= 0.6 is 0 Å². The monoisotopic (exact) mass is 247 g/mol. The summed E-state index contributed by atoms with van der Waals surface area (Å²) in [6.07, 6.45) is 0. The van der Waals surface area contributed by atoms with Gasteiger partial charge in [0.2, 0.25) is 0 Å². The zero-order valence-electron chi connectivity index (χ0n) is 9.71. The highest BCUT2D eigenvalue weighted by molar-refractivity contribution is 6.12. The van der Waals surface area contributed by atoms with E-state index in [1.165, 1.54) is 6.07 Å². The highest BCUT2D eigenvalue weighted by Crippen LogP contribution is 2.21. The Morgan fingerprint density at radius 2 is 1.83 bits per heavy atom. The lowest BCUT2D eigenvalue weighted by Gasteiger charge is -2.07. The van der Waals surface area contributed by atoms with Crippen LogP contribution in [0.1, 0.15) is 21.5 Å². The van der Waals surface area contributed by atoms with E-state index in [0.29, 0.717) is 11.3 Å². The molecule has 0 amide bonds. The minimum Gasteiger partial charge on any atom is -0.398 e. The molecule has 0 atom stereocenters. The lowest BCUT2D eigenvalue weighted by Crippen LogP contribution is -2.07. The van der Waals surface area contributed by atoms with Gasteiger partial charge in [0.05, 0.1) is 0 Å². The molecule has 2 N–H and O–H groups in total. The summed E-state index contributed by atoms with van der Waals surface area (Å²) >= 11 is 0. The predicted molar refractivity (Wildman–Crippen MR) is 65.4 cm³/mol. The van der Waals surface area contributed by atoms with Crippen molar-refractivity contribution >= 4 is 11.5 Å². The number of carbonyl (C=O) groups is 1. The number of hydrogen-bond donors (Lipinski definition) is 1. The van der Waals surface area contributed by atoms with Crippen molar-refractivity contribution in [1.29, 1.82) is 0 Å². The van der Waals surface area contributed by atoms with Crippen LogP contribution in [0.25, 0.3) is 0 Å². The van der Waals surface area contributed by atoms with Crippen molar-refractivity contribution in [2.75, 3.05) is 5.73 Å². The first-order valence-corrected chi connectivity index (χ1v) is 5.35. The fraction of sp³-hybridized carbons (Fsp3) is 0.0714. The van der Waals surface area contributed by atoms with Gasteiger partial charge in [-0.2, -0.15) is 0 Å². The summed E-state index contributed by atoms with van der Waals surface area (Å²) < 4.78 is 25.9. The number of ketones is 1. The molecule has 2 aromatic carbocycles. The van der Waals surface area contributed by atoms with E-state index in [0.717, 1.165) is 17.7 Å². The summed E-state index contributed by atoms with van der Waals surface area (Å²) in [6, 6.07) is 8.07. The Morgan fingerprint density at radius 1 is 1.11 bits per heavy atom. The standard InChI is InChI=1S/C14H11F2NO/c1-8-3-2-4-10(13(8)17)14(18)9-5-6-11(15)12(16)7-9/h2-7H,17H2,1H3. The van der Waals surface area contributed by atoms with E-state index in [1.54, 1.807) is 25.1 Å². The van der Waals surface area contributed by atoms with Crippen molar-refractivity contribution in [2.24, 2.45) is 0 Å². The van der Waals surface area contributed by atoms with Crippen LogP contribution in [0.15, 0.2) is 36.4 Å². The Labute approximate surface area is 103 Å². The van der Waals surface area contributed by atoms with Crippen LogP contribution in [-0.2, 0) is 0 Å². The third-order valence-electron chi connectivity index (χ3n) is 2.75. The topological polar surface area (TPSA) is 43.1 Å². The highest BCUT2D eigenvalue weighted by Gasteiger charge is 2.15. The van der Waals surface area contributed by atoms with Crippen molar-refractivity contribution in [2.45, 2.75) is 6.92 Å². The van der Waals surface area contributed by atoms with E-state index in [4.69, 9.17) is 5.73 Å². The number of benzene rings is 2. The van der Waals surface area contributed by atoms with E-state index in [-0.39, 0.29) is 5.56 Å². The highest BCUT2D eigenvalue weighted by atomic mass is 19.2. The van der Waals surface area contributed by atoms with Gasteiger partial charge >= 0.3 is 0 Å². The molecule has 2 rings (SSSR count). The molecule has 92 valence electrons. The molecule has 0 unspecified atom stereocenters. The fourth-order valence-electron chi connectivity index (χ4n) is 1.67. The molecular weight excluding hydrogens is 236 g/mol. The van der Waals surface area contributed by atoms with Crippen LogP contribution in [0, 0.1) is 18.6 Å². The first kappa shape index (κ1) is 12.2. The largest absolute Gasteiger partial charge is 0.398 e. The van der Waals surface area contributed by atoms with Gasteiger partial charge in [-0.15, -0.1) is 0 Å². The smallest absolute Gasteiger partial charge is 0.195 e. The van der Waals surface area contributed by atoms with Gasteiger partial charge in [-0.1, -0.05) is 12.1 Å². The maximum absolute atomic E-state index is 13.1. The lowest BCUT2D eigenvalue weighted by molar-refractivity contribution is 0.103. The second-order valence-electron chi connectivity index (χ2n) is 3.99. The molecule has 0 aliphatic rings. The number of halogens is 2. The van der Waals surface area contributed by atoms with Gasteiger partial charge in [-0.25, -0.2) is 8.78 Å². The Bertz CT molecular complexity index is 623. The molecule has 18 heavy (non-hydrogen) atoms. The van der Waals surface area contributed by atoms with Gasteiger partial charge in [0.15, 0.2) is 17.4 Å². The van der Waals surface area contributed by atoms with Crippen LogP contribution in [-0.4, -0.2) is 5.78 Å². The van der Waals surface area contributed by atoms with Crippen molar-refractivity contribution in [3.05, 3.63) is 64.7 Å². The second kappa shape index (κ2) is 4.56. The quantitative estimate of drug-likeness (QED) is 0.654. The first-order valence-electron chi connectivity index (χ1n) is 5.35. The summed E-state index contributed by atoms with van der Waals surface area (Å²) in [5, 5.41) is 0. The van der Waals surface area contributed by atoms with Gasteiger partial charge in [0.25, 0.3) is 0 Å². The van der Waals surface area contributed by atoms with Gasteiger partial charge in [0.1, 0.15) is 0 Å². The third kappa shape index (κ3) is 2.09. The number of rotatable bonds is 2. The zero-order chi connectivity index (χ0) is 13.3. The summed E-state index contributed by atoms with van der Waals surface area (Å²) in [6.45, 7) is 1.78. The molecular formula is C14H11F2NO. The van der Waals surface area contributed by atoms with Crippen molar-refractivity contribution in [3.63, 3.8) is 0 Å². The molecule has 0 fully saturated rings. The Balaban J connectivity index is 2.48.